The van der Waals surface area contributed by atoms with Gasteiger partial charge >= 0.3 is 0 Å². The monoisotopic (exact) mass is 341 g/mol. The van der Waals surface area contributed by atoms with Crippen LogP contribution in [0.1, 0.15) is 29.4 Å². The Morgan fingerprint density at radius 3 is 3.00 bits per heavy atom. The Hall–Kier alpha value is -2.83. The molecule has 0 aliphatic carbocycles. The number of aromatic amines is 1. The quantitative estimate of drug-likeness (QED) is 0.911. The van der Waals surface area contributed by atoms with Gasteiger partial charge in [0.05, 0.1) is 12.1 Å². The molecule has 2 aliphatic heterocycles. The zero-order valence-electron chi connectivity index (χ0n) is 13.9. The van der Waals surface area contributed by atoms with E-state index in [2.05, 4.69) is 9.97 Å². The second-order valence-electron chi connectivity index (χ2n) is 6.45. The Kier molecular flexibility index (Phi) is 3.91. The Morgan fingerprint density at radius 1 is 1.32 bits per heavy atom. The van der Waals surface area contributed by atoms with Crippen LogP contribution in [0.4, 0.5) is 0 Å². The molecule has 1 N–H and O–H groups in total. The van der Waals surface area contributed by atoms with E-state index in [9.17, 15) is 9.59 Å². The average molecular weight is 341 g/mol. The van der Waals surface area contributed by atoms with Crippen molar-refractivity contribution in [3.8, 4) is 11.5 Å². The highest BCUT2D eigenvalue weighted by Gasteiger charge is 2.28. The normalized spacial score (nSPS) is 18.6. The lowest BCUT2D eigenvalue weighted by Gasteiger charge is -2.16. The van der Waals surface area contributed by atoms with Crippen LogP contribution < -0.4 is 15.0 Å². The average Bonchev–Trinajstić information content (AvgIpc) is 3.23. The fourth-order valence-corrected chi connectivity index (χ4v) is 3.38. The highest BCUT2D eigenvalue weighted by Crippen LogP contribution is 2.33. The van der Waals surface area contributed by atoms with E-state index in [1.54, 1.807) is 6.92 Å². The molecule has 2 aliphatic rings. The fourth-order valence-electron chi connectivity index (χ4n) is 3.38. The number of hydrogen-bond acceptors (Lipinski definition) is 5. The van der Waals surface area contributed by atoms with Crippen LogP contribution >= 0.6 is 0 Å². The first-order valence-corrected chi connectivity index (χ1v) is 8.32. The fraction of sp³-hybridized carbons (Fsp3) is 0.389. The number of carbonyl (C=O) groups excluding carboxylic acids is 1. The van der Waals surface area contributed by atoms with E-state index < -0.39 is 0 Å². The molecular formula is C18H19N3O4. The van der Waals surface area contributed by atoms with Gasteiger partial charge < -0.3 is 19.4 Å². The van der Waals surface area contributed by atoms with Crippen LogP contribution in [0.2, 0.25) is 0 Å². The molecule has 2 aromatic rings. The summed E-state index contributed by atoms with van der Waals surface area (Å²) in [6, 6.07) is 7.11. The molecule has 0 saturated carbocycles. The van der Waals surface area contributed by atoms with E-state index in [4.69, 9.17) is 9.47 Å². The van der Waals surface area contributed by atoms with Gasteiger partial charge in [0.1, 0.15) is 5.82 Å². The third-order valence-electron chi connectivity index (χ3n) is 4.63. The van der Waals surface area contributed by atoms with E-state index in [1.807, 2.05) is 23.1 Å². The van der Waals surface area contributed by atoms with Gasteiger partial charge in [-0.3, -0.25) is 9.59 Å². The lowest BCUT2D eigenvalue weighted by molar-refractivity contribution is -0.129. The highest BCUT2D eigenvalue weighted by molar-refractivity contribution is 5.79. The predicted octanol–water partition coefficient (Wildman–Crippen LogP) is 1.37. The first-order valence-electron chi connectivity index (χ1n) is 8.32. The molecule has 1 atom stereocenters. The Morgan fingerprint density at radius 2 is 2.16 bits per heavy atom. The number of nitrogens with zero attached hydrogens (tertiary/aromatic N) is 2. The van der Waals surface area contributed by atoms with Gasteiger partial charge in [-0.2, -0.15) is 0 Å². The van der Waals surface area contributed by atoms with Crippen molar-refractivity contribution in [2.24, 2.45) is 0 Å². The molecule has 130 valence electrons. The van der Waals surface area contributed by atoms with Crippen molar-refractivity contribution in [2.45, 2.75) is 25.7 Å². The largest absolute Gasteiger partial charge is 0.454 e. The van der Waals surface area contributed by atoms with Crippen LogP contribution in [0.25, 0.3) is 0 Å². The lowest BCUT2D eigenvalue weighted by Crippen LogP contribution is -2.30. The van der Waals surface area contributed by atoms with Gasteiger partial charge in [-0.1, -0.05) is 6.07 Å². The van der Waals surface area contributed by atoms with Crippen LogP contribution in [-0.2, 0) is 11.2 Å². The van der Waals surface area contributed by atoms with Gasteiger partial charge in [-0.15, -0.1) is 0 Å². The zero-order chi connectivity index (χ0) is 17.4. The van der Waals surface area contributed by atoms with E-state index >= 15 is 0 Å². The molecule has 0 radical (unpaired) electrons. The SMILES string of the molecule is Cc1nc([C@H]2CCN(C(=O)Cc3ccc4c(c3)OCO4)C2)cc(=O)[nH]1. The minimum Gasteiger partial charge on any atom is -0.454 e. The summed E-state index contributed by atoms with van der Waals surface area (Å²) < 4.78 is 10.6. The minimum atomic E-state index is -0.146. The lowest BCUT2D eigenvalue weighted by atomic mass is 10.0. The number of ether oxygens (including phenoxy) is 2. The van der Waals surface area contributed by atoms with E-state index in [1.165, 1.54) is 6.07 Å². The van der Waals surface area contributed by atoms with Crippen molar-refractivity contribution in [3.63, 3.8) is 0 Å². The summed E-state index contributed by atoms with van der Waals surface area (Å²) in [4.78, 5) is 33.1. The molecule has 1 saturated heterocycles. The number of benzene rings is 1. The molecule has 0 spiro atoms. The molecule has 1 aromatic heterocycles. The second kappa shape index (κ2) is 6.23. The number of rotatable bonds is 3. The van der Waals surface area contributed by atoms with Gasteiger partial charge in [-0.25, -0.2) is 4.98 Å². The first kappa shape index (κ1) is 15.7. The van der Waals surface area contributed by atoms with Crippen molar-refractivity contribution in [1.82, 2.24) is 14.9 Å². The van der Waals surface area contributed by atoms with Gasteiger partial charge in [0, 0.05) is 25.1 Å². The summed E-state index contributed by atoms with van der Waals surface area (Å²) >= 11 is 0. The molecule has 7 heteroatoms. The van der Waals surface area contributed by atoms with Crippen molar-refractivity contribution >= 4 is 5.91 Å². The number of H-pyrrole nitrogens is 1. The molecule has 1 aromatic carbocycles. The summed E-state index contributed by atoms with van der Waals surface area (Å²) in [5.41, 5.74) is 1.52. The zero-order valence-corrected chi connectivity index (χ0v) is 13.9. The summed E-state index contributed by atoms with van der Waals surface area (Å²) in [7, 11) is 0. The third kappa shape index (κ3) is 3.22. The molecule has 7 nitrogen and oxygen atoms in total. The van der Waals surface area contributed by atoms with Crippen LogP contribution in [0.15, 0.2) is 29.1 Å². The number of carbonyl (C=O) groups is 1. The molecular weight excluding hydrogens is 322 g/mol. The van der Waals surface area contributed by atoms with Crippen LogP contribution in [-0.4, -0.2) is 40.7 Å². The molecule has 1 fully saturated rings. The Bertz CT molecular complexity index is 877. The summed E-state index contributed by atoms with van der Waals surface area (Å²) in [5.74, 6) is 2.19. The van der Waals surface area contributed by atoms with Gasteiger partial charge in [-0.05, 0) is 31.0 Å². The second-order valence-corrected chi connectivity index (χ2v) is 6.45. The molecule has 4 rings (SSSR count). The maximum Gasteiger partial charge on any atom is 0.251 e. The summed E-state index contributed by atoms with van der Waals surface area (Å²) in [5, 5.41) is 0. The van der Waals surface area contributed by atoms with Crippen LogP contribution in [0.3, 0.4) is 0 Å². The van der Waals surface area contributed by atoms with Crippen molar-refractivity contribution in [3.05, 3.63) is 51.7 Å². The minimum absolute atomic E-state index is 0.0722. The number of nitrogens with one attached hydrogen (secondary N) is 1. The van der Waals surface area contributed by atoms with Crippen molar-refractivity contribution in [2.75, 3.05) is 19.9 Å². The van der Waals surface area contributed by atoms with E-state index in [0.717, 1.165) is 17.7 Å². The van der Waals surface area contributed by atoms with Crippen molar-refractivity contribution < 1.29 is 14.3 Å². The number of amides is 1. The highest BCUT2D eigenvalue weighted by atomic mass is 16.7. The molecule has 25 heavy (non-hydrogen) atoms. The van der Waals surface area contributed by atoms with E-state index in [-0.39, 0.29) is 24.2 Å². The molecule has 0 unspecified atom stereocenters. The number of aromatic nitrogens is 2. The third-order valence-corrected chi connectivity index (χ3v) is 4.63. The van der Waals surface area contributed by atoms with Gasteiger partial charge in [0.2, 0.25) is 12.7 Å². The smallest absolute Gasteiger partial charge is 0.251 e. The van der Waals surface area contributed by atoms with Gasteiger partial charge in [0.25, 0.3) is 5.56 Å². The summed E-state index contributed by atoms with van der Waals surface area (Å²) in [6.45, 7) is 3.27. The topological polar surface area (TPSA) is 84.5 Å². The maximum atomic E-state index is 12.6. The maximum absolute atomic E-state index is 12.6. The number of aryl methyl sites for hydroxylation is 1. The van der Waals surface area contributed by atoms with Crippen molar-refractivity contribution in [1.29, 1.82) is 0 Å². The number of likely N-dealkylation sites (tertiary alicyclic amines) is 1. The first-order chi connectivity index (χ1) is 12.1. The standard InChI is InChI=1S/C18H19N3O4/c1-11-19-14(8-17(22)20-11)13-4-5-21(9-13)18(23)7-12-2-3-15-16(6-12)25-10-24-15/h2-3,6,8,13H,4-5,7,9-10H2,1H3,(H,19,20,22)/t13-/m0/s1. The van der Waals surface area contributed by atoms with Gasteiger partial charge in [0.15, 0.2) is 11.5 Å². The Labute approximate surface area is 144 Å². The summed E-state index contributed by atoms with van der Waals surface area (Å²) in [6.07, 6.45) is 1.15. The Balaban J connectivity index is 1.43. The predicted molar refractivity (Wildman–Crippen MR) is 89.8 cm³/mol. The number of fused-ring (bicyclic) bond motifs is 1. The molecule has 1 amide bonds. The van der Waals surface area contributed by atoms with E-state index in [0.29, 0.717) is 36.8 Å². The number of hydrogen-bond donors (Lipinski definition) is 1. The molecule has 3 heterocycles. The van der Waals surface area contributed by atoms with Crippen LogP contribution in [0.5, 0.6) is 11.5 Å². The molecule has 0 bridgehead atoms. The van der Waals surface area contributed by atoms with Crippen LogP contribution in [0, 0.1) is 6.92 Å².